The largest absolute Gasteiger partial charge is 0.283 e. The lowest BCUT2D eigenvalue weighted by molar-refractivity contribution is 0.375. The third-order valence-corrected chi connectivity index (χ3v) is 5.96. The third kappa shape index (κ3) is 4.42. The van der Waals surface area contributed by atoms with Gasteiger partial charge in [0.25, 0.3) is 0 Å². The molecule has 10 heteroatoms. The molecule has 3 rings (SSSR count). The van der Waals surface area contributed by atoms with E-state index < -0.39 is 26.1 Å². The highest BCUT2D eigenvalue weighted by Gasteiger charge is 2.36. The van der Waals surface area contributed by atoms with E-state index in [9.17, 15) is 16.8 Å². The molecule has 0 spiro atoms. The van der Waals surface area contributed by atoms with E-state index in [-0.39, 0.29) is 6.42 Å². The summed E-state index contributed by atoms with van der Waals surface area (Å²) in [5.41, 5.74) is 1.95. The highest BCUT2D eigenvalue weighted by Crippen LogP contribution is 2.38. The smallest absolute Gasteiger partial charge is 0.247 e. The van der Waals surface area contributed by atoms with Crippen molar-refractivity contribution in [1.29, 1.82) is 0 Å². The van der Waals surface area contributed by atoms with Crippen LogP contribution in [0, 0.1) is 0 Å². The molecule has 0 amide bonds. The molecule has 144 valence electrons. The molecule has 1 N–H and O–H groups in total. The summed E-state index contributed by atoms with van der Waals surface area (Å²) in [5, 5.41) is 4.73. The molecule has 0 fully saturated rings. The van der Waals surface area contributed by atoms with Gasteiger partial charge in [-0.15, -0.1) is 0 Å². The Labute approximate surface area is 163 Å². The highest BCUT2D eigenvalue weighted by atomic mass is 35.5. The Kier molecular flexibility index (Phi) is 5.20. The Morgan fingerprint density at radius 3 is 2.30 bits per heavy atom. The number of para-hydroxylation sites is 1. The molecule has 0 unspecified atom stereocenters. The van der Waals surface area contributed by atoms with Crippen molar-refractivity contribution in [2.24, 2.45) is 5.10 Å². The van der Waals surface area contributed by atoms with Gasteiger partial charge in [0.15, 0.2) is 0 Å². The van der Waals surface area contributed by atoms with Crippen LogP contribution in [-0.2, 0) is 20.0 Å². The summed E-state index contributed by atoms with van der Waals surface area (Å²) in [6.45, 7) is 0. The zero-order chi connectivity index (χ0) is 19.8. The minimum absolute atomic E-state index is 0.263. The van der Waals surface area contributed by atoms with Crippen molar-refractivity contribution >= 4 is 43.0 Å². The van der Waals surface area contributed by atoms with Gasteiger partial charge in [0, 0.05) is 17.0 Å². The first kappa shape index (κ1) is 19.7. The molecule has 0 bridgehead atoms. The van der Waals surface area contributed by atoms with Gasteiger partial charge in [-0.3, -0.25) is 4.72 Å². The lowest BCUT2D eigenvalue weighted by Crippen LogP contribution is -2.26. The van der Waals surface area contributed by atoms with Crippen LogP contribution in [0.5, 0.6) is 0 Å². The maximum absolute atomic E-state index is 12.3. The molecule has 1 aliphatic rings. The van der Waals surface area contributed by atoms with Gasteiger partial charge in [0.05, 0.1) is 30.0 Å². The van der Waals surface area contributed by atoms with Crippen molar-refractivity contribution < 1.29 is 16.8 Å². The summed E-state index contributed by atoms with van der Waals surface area (Å²) in [4.78, 5) is 0. The number of nitrogens with one attached hydrogen (secondary N) is 1. The molecular weight excluding hydrogens is 410 g/mol. The molecule has 0 aromatic heterocycles. The normalized spacial score (nSPS) is 17.7. The first-order valence-corrected chi connectivity index (χ1v) is 12.1. The summed E-state index contributed by atoms with van der Waals surface area (Å²) in [6, 6.07) is 13.1. The lowest BCUT2D eigenvalue weighted by Gasteiger charge is -2.22. The summed E-state index contributed by atoms with van der Waals surface area (Å²) in [7, 11) is -7.16. The monoisotopic (exact) mass is 427 g/mol. The van der Waals surface area contributed by atoms with Crippen LogP contribution < -0.4 is 4.72 Å². The standard InChI is InChI=1S/C17H18ClN3O4S2/c1-26(22,23)20-15-10-6-4-8-13(15)16-11-17(21(19-16)27(2,24)25)12-7-3-5-9-14(12)18/h3-10,17,20H,11H2,1-2H3/t17-/m1/s1. The zero-order valence-electron chi connectivity index (χ0n) is 14.6. The number of hydrazone groups is 1. The summed E-state index contributed by atoms with van der Waals surface area (Å²) < 4.78 is 51.3. The third-order valence-electron chi connectivity index (χ3n) is 4.01. The molecule has 7 nitrogen and oxygen atoms in total. The van der Waals surface area contributed by atoms with Crippen LogP contribution in [0.25, 0.3) is 0 Å². The van der Waals surface area contributed by atoms with E-state index >= 15 is 0 Å². The predicted molar refractivity (Wildman–Crippen MR) is 107 cm³/mol. The quantitative estimate of drug-likeness (QED) is 0.793. The van der Waals surface area contributed by atoms with Gasteiger partial charge in [0.1, 0.15) is 0 Å². The van der Waals surface area contributed by atoms with Crippen LogP contribution in [0.1, 0.15) is 23.6 Å². The van der Waals surface area contributed by atoms with Crippen LogP contribution in [-0.4, -0.2) is 39.5 Å². The Bertz CT molecular complexity index is 1110. The van der Waals surface area contributed by atoms with E-state index in [0.717, 1.165) is 16.9 Å². The number of halogens is 1. The maximum Gasteiger partial charge on any atom is 0.247 e. The molecule has 27 heavy (non-hydrogen) atoms. The van der Waals surface area contributed by atoms with Crippen molar-refractivity contribution in [2.75, 3.05) is 17.2 Å². The summed E-state index contributed by atoms with van der Waals surface area (Å²) >= 11 is 6.27. The summed E-state index contributed by atoms with van der Waals surface area (Å²) in [5.74, 6) is 0. The van der Waals surface area contributed by atoms with E-state index in [2.05, 4.69) is 9.82 Å². The van der Waals surface area contributed by atoms with Gasteiger partial charge in [-0.2, -0.15) is 9.52 Å². The van der Waals surface area contributed by atoms with E-state index in [1.165, 1.54) is 0 Å². The molecule has 0 saturated carbocycles. The Morgan fingerprint density at radius 2 is 1.67 bits per heavy atom. The Hall–Kier alpha value is -2.10. The number of hydrogen-bond donors (Lipinski definition) is 1. The van der Waals surface area contributed by atoms with Crippen molar-refractivity contribution in [3.8, 4) is 0 Å². The van der Waals surface area contributed by atoms with Crippen LogP contribution in [0.3, 0.4) is 0 Å². The number of sulfonamides is 2. The van der Waals surface area contributed by atoms with Gasteiger partial charge < -0.3 is 0 Å². The van der Waals surface area contributed by atoms with Crippen molar-refractivity contribution in [1.82, 2.24) is 4.41 Å². The number of benzene rings is 2. The number of anilines is 1. The fraction of sp³-hybridized carbons (Fsp3) is 0.235. The van der Waals surface area contributed by atoms with Gasteiger partial charge in [-0.05, 0) is 17.7 Å². The fourth-order valence-corrected chi connectivity index (χ4v) is 4.69. The number of rotatable bonds is 5. The highest BCUT2D eigenvalue weighted by molar-refractivity contribution is 7.92. The molecule has 2 aromatic carbocycles. The molecule has 0 radical (unpaired) electrons. The lowest BCUT2D eigenvalue weighted by atomic mass is 9.98. The molecule has 0 aliphatic carbocycles. The van der Waals surface area contributed by atoms with Gasteiger partial charge in [-0.1, -0.05) is 48.0 Å². The predicted octanol–water partition coefficient (Wildman–Crippen LogP) is 2.82. The molecular formula is C17H18ClN3O4S2. The van der Waals surface area contributed by atoms with Gasteiger partial charge >= 0.3 is 0 Å². The zero-order valence-corrected chi connectivity index (χ0v) is 17.0. The minimum Gasteiger partial charge on any atom is -0.283 e. The van der Waals surface area contributed by atoms with Crippen molar-refractivity contribution in [3.63, 3.8) is 0 Å². The topological polar surface area (TPSA) is 95.9 Å². The van der Waals surface area contributed by atoms with Crippen LogP contribution in [0.4, 0.5) is 5.69 Å². The second kappa shape index (κ2) is 7.14. The van der Waals surface area contributed by atoms with E-state index in [0.29, 0.717) is 27.5 Å². The SMILES string of the molecule is CS(=O)(=O)Nc1ccccc1C1=NN(S(C)(=O)=O)[C@@H](c2ccccc2Cl)C1. The molecule has 2 aromatic rings. The second-order valence-electron chi connectivity index (χ2n) is 6.24. The fourth-order valence-electron chi connectivity index (χ4n) is 2.96. The van der Waals surface area contributed by atoms with Gasteiger partial charge in [0.2, 0.25) is 20.0 Å². The van der Waals surface area contributed by atoms with E-state index in [1.54, 1.807) is 48.5 Å². The maximum atomic E-state index is 12.3. The molecule has 1 aliphatic heterocycles. The van der Waals surface area contributed by atoms with Gasteiger partial charge in [-0.25, -0.2) is 16.8 Å². The first-order chi connectivity index (χ1) is 12.6. The molecule has 1 heterocycles. The van der Waals surface area contributed by atoms with E-state index in [4.69, 9.17) is 11.6 Å². The average Bonchev–Trinajstić information content (AvgIpc) is 2.99. The van der Waals surface area contributed by atoms with Crippen molar-refractivity contribution in [3.05, 3.63) is 64.7 Å². The second-order valence-corrected chi connectivity index (χ2v) is 10.2. The number of nitrogens with zero attached hydrogens (tertiary/aromatic N) is 2. The van der Waals surface area contributed by atoms with Crippen LogP contribution in [0.15, 0.2) is 53.6 Å². The van der Waals surface area contributed by atoms with E-state index in [1.807, 2.05) is 0 Å². The van der Waals surface area contributed by atoms with Crippen LogP contribution >= 0.6 is 11.6 Å². The molecule has 1 atom stereocenters. The van der Waals surface area contributed by atoms with Crippen LogP contribution in [0.2, 0.25) is 5.02 Å². The molecule has 0 saturated heterocycles. The first-order valence-electron chi connectivity index (χ1n) is 7.95. The average molecular weight is 428 g/mol. The number of hydrogen-bond acceptors (Lipinski definition) is 5. The Balaban J connectivity index is 2.08. The van der Waals surface area contributed by atoms with Crippen molar-refractivity contribution in [2.45, 2.75) is 12.5 Å². The summed E-state index contributed by atoms with van der Waals surface area (Å²) in [6.07, 6.45) is 2.39. The Morgan fingerprint density at radius 1 is 1.04 bits per heavy atom. The minimum atomic E-state index is -3.66.